The highest BCUT2D eigenvalue weighted by Gasteiger charge is 2.18. The normalized spacial score (nSPS) is 31.1. The third kappa shape index (κ3) is 5.09. The summed E-state index contributed by atoms with van der Waals surface area (Å²) in [5, 5.41) is 3.82. The van der Waals surface area contributed by atoms with Gasteiger partial charge >= 0.3 is 0 Å². The predicted octanol–water partition coefficient (Wildman–Crippen LogP) is 1.00. The Labute approximate surface area is 95.6 Å². The molecule has 4 unspecified atom stereocenters. The lowest BCUT2D eigenvalue weighted by Crippen LogP contribution is -2.40. The molecule has 1 aliphatic rings. The molecule has 1 rings (SSSR count). The van der Waals surface area contributed by atoms with E-state index in [1.807, 2.05) is 6.92 Å². The number of nitrogens with two attached hydrogens (primary N) is 1. The van der Waals surface area contributed by atoms with Gasteiger partial charge in [-0.2, -0.15) is 0 Å². The lowest BCUT2D eigenvalue weighted by Gasteiger charge is -2.27. The molecule has 0 saturated heterocycles. The standard InChI is InChI=1S/C11H24N2OS/c1-9(15(2)14)6-7-13-11-5-3-4-10(12)8-11/h9-11,13H,3-8,12H2,1-2H3. The Balaban J connectivity index is 2.11. The molecule has 0 amide bonds. The quantitative estimate of drug-likeness (QED) is 0.743. The van der Waals surface area contributed by atoms with Gasteiger partial charge in [0, 0.05) is 34.4 Å². The maximum Gasteiger partial charge on any atom is 0.0329 e. The van der Waals surface area contributed by atoms with Crippen molar-refractivity contribution < 1.29 is 4.21 Å². The zero-order valence-electron chi connectivity index (χ0n) is 9.87. The van der Waals surface area contributed by atoms with E-state index in [-0.39, 0.29) is 0 Å². The molecule has 0 spiro atoms. The molecule has 4 atom stereocenters. The second-order valence-electron chi connectivity index (χ2n) is 4.68. The number of nitrogens with one attached hydrogen (secondary N) is 1. The van der Waals surface area contributed by atoms with E-state index in [1.54, 1.807) is 6.26 Å². The number of rotatable bonds is 5. The fraction of sp³-hybridized carbons (Fsp3) is 1.00. The average Bonchev–Trinajstić information content (AvgIpc) is 2.17. The van der Waals surface area contributed by atoms with Crippen molar-refractivity contribution in [1.29, 1.82) is 0 Å². The third-order valence-corrected chi connectivity index (χ3v) is 4.63. The van der Waals surface area contributed by atoms with Crippen LogP contribution in [0.5, 0.6) is 0 Å². The largest absolute Gasteiger partial charge is 0.328 e. The van der Waals surface area contributed by atoms with Gasteiger partial charge in [-0.1, -0.05) is 13.3 Å². The lowest BCUT2D eigenvalue weighted by molar-refractivity contribution is 0.339. The second-order valence-corrected chi connectivity index (χ2v) is 6.48. The summed E-state index contributed by atoms with van der Waals surface area (Å²) in [6, 6.07) is 0.972. The molecular weight excluding hydrogens is 208 g/mol. The summed E-state index contributed by atoms with van der Waals surface area (Å²) < 4.78 is 11.1. The van der Waals surface area contributed by atoms with Crippen LogP contribution in [0.25, 0.3) is 0 Å². The average molecular weight is 232 g/mol. The minimum Gasteiger partial charge on any atom is -0.328 e. The first-order valence-corrected chi connectivity index (χ1v) is 7.53. The minimum absolute atomic E-state index is 0.301. The molecule has 4 heteroatoms. The van der Waals surface area contributed by atoms with Crippen LogP contribution in [0.15, 0.2) is 0 Å². The Hall–Kier alpha value is 0.0700. The van der Waals surface area contributed by atoms with Crippen LogP contribution in [0.4, 0.5) is 0 Å². The van der Waals surface area contributed by atoms with E-state index >= 15 is 0 Å². The van der Waals surface area contributed by atoms with Gasteiger partial charge in [0.25, 0.3) is 0 Å². The van der Waals surface area contributed by atoms with Crippen molar-refractivity contribution in [3.8, 4) is 0 Å². The van der Waals surface area contributed by atoms with Crippen LogP contribution in [-0.2, 0) is 10.8 Å². The smallest absolute Gasteiger partial charge is 0.0329 e. The molecule has 0 radical (unpaired) electrons. The molecule has 0 heterocycles. The summed E-state index contributed by atoms with van der Waals surface area (Å²) in [5.74, 6) is 0. The van der Waals surface area contributed by atoms with Gasteiger partial charge in [-0.15, -0.1) is 0 Å². The predicted molar refractivity (Wildman–Crippen MR) is 66.4 cm³/mol. The van der Waals surface area contributed by atoms with E-state index in [4.69, 9.17) is 5.73 Å². The molecule has 15 heavy (non-hydrogen) atoms. The molecule has 0 aliphatic heterocycles. The summed E-state index contributed by atoms with van der Waals surface area (Å²) in [6.07, 6.45) is 7.54. The highest BCUT2D eigenvalue weighted by Crippen LogP contribution is 2.16. The van der Waals surface area contributed by atoms with Gasteiger partial charge in [0.05, 0.1) is 0 Å². The zero-order chi connectivity index (χ0) is 11.3. The van der Waals surface area contributed by atoms with Crippen molar-refractivity contribution in [2.24, 2.45) is 5.73 Å². The zero-order valence-corrected chi connectivity index (χ0v) is 10.7. The van der Waals surface area contributed by atoms with Gasteiger partial charge < -0.3 is 11.1 Å². The van der Waals surface area contributed by atoms with Crippen LogP contribution in [0.3, 0.4) is 0 Å². The molecule has 0 bridgehead atoms. The summed E-state index contributed by atoms with van der Waals surface area (Å²) in [5.41, 5.74) is 5.92. The van der Waals surface area contributed by atoms with Gasteiger partial charge in [0.1, 0.15) is 0 Å². The van der Waals surface area contributed by atoms with E-state index in [9.17, 15) is 4.21 Å². The first-order valence-electron chi connectivity index (χ1n) is 5.90. The van der Waals surface area contributed by atoms with Crippen molar-refractivity contribution >= 4 is 10.8 Å². The molecule has 0 aromatic heterocycles. The van der Waals surface area contributed by atoms with Crippen molar-refractivity contribution in [3.05, 3.63) is 0 Å². The summed E-state index contributed by atoms with van der Waals surface area (Å²) in [7, 11) is -0.688. The Morgan fingerprint density at radius 3 is 2.87 bits per heavy atom. The van der Waals surface area contributed by atoms with Crippen molar-refractivity contribution in [1.82, 2.24) is 5.32 Å². The van der Waals surface area contributed by atoms with Gasteiger partial charge in [0.2, 0.25) is 0 Å². The van der Waals surface area contributed by atoms with E-state index in [2.05, 4.69) is 5.32 Å². The minimum atomic E-state index is -0.688. The fourth-order valence-corrected chi connectivity index (χ4v) is 2.52. The van der Waals surface area contributed by atoms with E-state index in [0.717, 1.165) is 19.4 Å². The highest BCUT2D eigenvalue weighted by atomic mass is 32.2. The molecular formula is C11H24N2OS. The molecule has 90 valence electrons. The first-order chi connectivity index (χ1) is 7.09. The maximum atomic E-state index is 11.1. The molecule has 1 fully saturated rings. The summed E-state index contributed by atoms with van der Waals surface area (Å²) in [6.45, 7) is 3.02. The van der Waals surface area contributed by atoms with E-state index in [0.29, 0.717) is 17.3 Å². The molecule has 0 aromatic carbocycles. The monoisotopic (exact) mass is 232 g/mol. The Morgan fingerprint density at radius 1 is 1.53 bits per heavy atom. The van der Waals surface area contributed by atoms with Crippen LogP contribution in [0.2, 0.25) is 0 Å². The van der Waals surface area contributed by atoms with E-state index < -0.39 is 10.8 Å². The van der Waals surface area contributed by atoms with Crippen molar-refractivity contribution in [3.63, 3.8) is 0 Å². The summed E-state index contributed by atoms with van der Waals surface area (Å²) >= 11 is 0. The fourth-order valence-electron chi connectivity index (χ4n) is 2.07. The molecule has 1 saturated carbocycles. The molecule has 3 N–H and O–H groups in total. The second kappa shape index (κ2) is 6.61. The Morgan fingerprint density at radius 2 is 2.27 bits per heavy atom. The van der Waals surface area contributed by atoms with Crippen molar-refractivity contribution in [2.75, 3.05) is 12.8 Å². The Bertz CT molecular complexity index is 211. The van der Waals surface area contributed by atoms with Crippen LogP contribution >= 0.6 is 0 Å². The number of hydrogen-bond acceptors (Lipinski definition) is 3. The van der Waals surface area contributed by atoms with Crippen molar-refractivity contribution in [2.45, 2.75) is 56.4 Å². The highest BCUT2D eigenvalue weighted by molar-refractivity contribution is 7.84. The van der Waals surface area contributed by atoms with Crippen LogP contribution < -0.4 is 11.1 Å². The molecule has 3 nitrogen and oxygen atoms in total. The lowest BCUT2D eigenvalue weighted by atomic mass is 9.91. The van der Waals surface area contributed by atoms with Gasteiger partial charge in [-0.05, 0) is 32.2 Å². The van der Waals surface area contributed by atoms with Crippen LogP contribution in [-0.4, -0.2) is 34.3 Å². The first kappa shape index (κ1) is 13.1. The third-order valence-electron chi connectivity index (χ3n) is 3.27. The van der Waals surface area contributed by atoms with Crippen LogP contribution in [0.1, 0.15) is 39.0 Å². The Kier molecular flexibility index (Phi) is 5.79. The van der Waals surface area contributed by atoms with Crippen LogP contribution in [0, 0.1) is 0 Å². The SMILES string of the molecule is CC(CCNC1CCCC(N)C1)S(C)=O. The van der Waals surface area contributed by atoms with Gasteiger partial charge in [0.15, 0.2) is 0 Å². The maximum absolute atomic E-state index is 11.1. The molecule has 1 aliphatic carbocycles. The molecule has 0 aromatic rings. The van der Waals surface area contributed by atoms with Gasteiger partial charge in [-0.25, -0.2) is 0 Å². The van der Waals surface area contributed by atoms with E-state index in [1.165, 1.54) is 19.3 Å². The topological polar surface area (TPSA) is 55.1 Å². The summed E-state index contributed by atoms with van der Waals surface area (Å²) in [4.78, 5) is 0. The number of hydrogen-bond donors (Lipinski definition) is 2. The van der Waals surface area contributed by atoms with Gasteiger partial charge in [-0.3, -0.25) is 4.21 Å².